The largest absolute Gasteiger partial charge is 0.403 e. The Hall–Kier alpha value is -0.290. The van der Waals surface area contributed by atoms with E-state index in [1.165, 1.54) is 0 Å². The molecule has 0 spiro atoms. The fourth-order valence-electron chi connectivity index (χ4n) is 1.20. The molecule has 0 aliphatic carbocycles. The van der Waals surface area contributed by atoms with Gasteiger partial charge in [0.05, 0.1) is 0 Å². The van der Waals surface area contributed by atoms with Crippen LogP contribution in [0, 0.1) is 0 Å². The Kier molecular flexibility index (Phi) is 2.39. The molecule has 5 heteroatoms. The van der Waals surface area contributed by atoms with Crippen LogP contribution < -0.4 is 11.1 Å². The molecule has 0 aromatic heterocycles. The third-order valence-electron chi connectivity index (χ3n) is 1.84. The molecule has 1 heterocycles. The van der Waals surface area contributed by atoms with Crippen molar-refractivity contribution in [2.45, 2.75) is 31.1 Å². The highest BCUT2D eigenvalue weighted by atomic mass is 19.4. The number of rotatable bonds is 0. The van der Waals surface area contributed by atoms with Crippen LogP contribution in [0.5, 0.6) is 0 Å². The fourth-order valence-corrected chi connectivity index (χ4v) is 1.20. The summed E-state index contributed by atoms with van der Waals surface area (Å²) in [6.45, 7) is 0.366. The standard InChI is InChI=1S/C6H11F3N2/c7-6(8,9)5-3-4(10)1-2-11-5/h4-5,11H,1-3,10H2/t4-,5+/m0/s1. The lowest BCUT2D eigenvalue weighted by Gasteiger charge is -2.29. The average Bonchev–Trinajstić information content (AvgIpc) is 1.86. The molecule has 1 aliphatic rings. The molecule has 1 fully saturated rings. The van der Waals surface area contributed by atoms with E-state index in [0.29, 0.717) is 13.0 Å². The normalized spacial score (nSPS) is 33.8. The summed E-state index contributed by atoms with van der Waals surface area (Å²) in [6, 6.07) is -1.70. The van der Waals surface area contributed by atoms with E-state index in [-0.39, 0.29) is 12.5 Å². The van der Waals surface area contributed by atoms with Crippen LogP contribution in [0.25, 0.3) is 0 Å². The number of halogens is 3. The SMILES string of the molecule is N[C@H]1CCN[C@@H](C(F)(F)F)C1. The second-order valence-corrected chi connectivity index (χ2v) is 2.83. The van der Waals surface area contributed by atoms with Crippen molar-refractivity contribution in [1.82, 2.24) is 5.32 Å². The summed E-state index contributed by atoms with van der Waals surface area (Å²) in [6.07, 6.45) is -3.51. The van der Waals surface area contributed by atoms with Crippen molar-refractivity contribution < 1.29 is 13.2 Å². The van der Waals surface area contributed by atoms with Crippen molar-refractivity contribution in [3.63, 3.8) is 0 Å². The number of nitrogens with one attached hydrogen (secondary N) is 1. The summed E-state index contributed by atoms with van der Waals surface area (Å²) >= 11 is 0. The molecule has 0 aromatic rings. The van der Waals surface area contributed by atoms with Crippen LogP contribution in [0.4, 0.5) is 13.2 Å². The van der Waals surface area contributed by atoms with Gasteiger partial charge in [0.2, 0.25) is 0 Å². The highest BCUT2D eigenvalue weighted by molar-refractivity contribution is 4.84. The Balaban J connectivity index is 2.46. The van der Waals surface area contributed by atoms with Crippen LogP contribution in [-0.4, -0.2) is 24.8 Å². The topological polar surface area (TPSA) is 38.0 Å². The zero-order valence-electron chi connectivity index (χ0n) is 5.99. The third kappa shape index (κ3) is 2.34. The van der Waals surface area contributed by atoms with Crippen molar-refractivity contribution >= 4 is 0 Å². The first kappa shape index (κ1) is 8.80. The van der Waals surface area contributed by atoms with Crippen molar-refractivity contribution in [2.24, 2.45) is 5.73 Å². The van der Waals surface area contributed by atoms with E-state index in [9.17, 15) is 13.2 Å². The summed E-state index contributed by atoms with van der Waals surface area (Å²) in [5.41, 5.74) is 5.38. The molecule has 1 saturated heterocycles. The lowest BCUT2D eigenvalue weighted by Crippen LogP contribution is -2.51. The highest BCUT2D eigenvalue weighted by Gasteiger charge is 2.41. The molecule has 0 saturated carbocycles. The lowest BCUT2D eigenvalue weighted by atomic mass is 10.0. The van der Waals surface area contributed by atoms with Crippen LogP contribution in [0.2, 0.25) is 0 Å². The van der Waals surface area contributed by atoms with Crippen molar-refractivity contribution in [3.05, 3.63) is 0 Å². The summed E-state index contributed by atoms with van der Waals surface area (Å²) in [5, 5.41) is 2.38. The van der Waals surface area contributed by atoms with E-state index in [4.69, 9.17) is 5.73 Å². The molecule has 1 aliphatic heterocycles. The molecule has 1 rings (SSSR count). The smallest absolute Gasteiger partial charge is 0.328 e. The van der Waals surface area contributed by atoms with Crippen molar-refractivity contribution in [1.29, 1.82) is 0 Å². The minimum Gasteiger partial charge on any atom is -0.328 e. The maximum absolute atomic E-state index is 12.0. The third-order valence-corrected chi connectivity index (χ3v) is 1.84. The van der Waals surface area contributed by atoms with Gasteiger partial charge in [0, 0.05) is 6.04 Å². The first-order valence-electron chi connectivity index (χ1n) is 3.56. The number of piperidine rings is 1. The van der Waals surface area contributed by atoms with Gasteiger partial charge in [-0.15, -0.1) is 0 Å². The summed E-state index contributed by atoms with van der Waals surface area (Å²) in [4.78, 5) is 0. The Morgan fingerprint density at radius 3 is 2.36 bits per heavy atom. The molecule has 0 unspecified atom stereocenters. The maximum atomic E-state index is 12.0. The minimum atomic E-state index is -4.14. The summed E-state index contributed by atoms with van der Waals surface area (Å²) in [7, 11) is 0. The van der Waals surface area contributed by atoms with Gasteiger partial charge in [0.1, 0.15) is 6.04 Å². The molecule has 66 valence electrons. The first-order chi connectivity index (χ1) is 5.00. The van der Waals surface area contributed by atoms with Gasteiger partial charge < -0.3 is 11.1 Å². The predicted molar refractivity (Wildman–Crippen MR) is 35.1 cm³/mol. The van der Waals surface area contributed by atoms with Crippen molar-refractivity contribution in [2.75, 3.05) is 6.54 Å². The quantitative estimate of drug-likeness (QED) is 0.556. The monoisotopic (exact) mass is 168 g/mol. The molecule has 11 heavy (non-hydrogen) atoms. The summed E-state index contributed by atoms with van der Waals surface area (Å²) < 4.78 is 36.0. The van der Waals surface area contributed by atoms with E-state index < -0.39 is 12.2 Å². The molecule has 3 N–H and O–H groups in total. The molecule has 2 nitrogen and oxygen atoms in total. The van der Waals surface area contributed by atoms with E-state index in [0.717, 1.165) is 0 Å². The first-order valence-corrected chi connectivity index (χ1v) is 3.56. The van der Waals surface area contributed by atoms with Crippen LogP contribution in [0.1, 0.15) is 12.8 Å². The van der Waals surface area contributed by atoms with E-state index in [1.54, 1.807) is 0 Å². The van der Waals surface area contributed by atoms with Crippen LogP contribution in [0.3, 0.4) is 0 Å². The number of hydrogen-bond donors (Lipinski definition) is 2. The maximum Gasteiger partial charge on any atom is 0.403 e. The van der Waals surface area contributed by atoms with E-state index in [1.807, 2.05) is 0 Å². The van der Waals surface area contributed by atoms with Crippen LogP contribution in [0.15, 0.2) is 0 Å². The molecule has 0 bridgehead atoms. The Labute approximate surface area is 62.9 Å². The zero-order valence-corrected chi connectivity index (χ0v) is 5.99. The molecular formula is C6H11F3N2. The van der Waals surface area contributed by atoms with Gasteiger partial charge in [-0.05, 0) is 19.4 Å². The molecule has 0 aromatic carbocycles. The Morgan fingerprint density at radius 2 is 2.00 bits per heavy atom. The average molecular weight is 168 g/mol. The van der Waals surface area contributed by atoms with Gasteiger partial charge in [-0.1, -0.05) is 0 Å². The summed E-state index contributed by atoms with van der Waals surface area (Å²) in [5.74, 6) is 0. The number of hydrogen-bond acceptors (Lipinski definition) is 2. The van der Waals surface area contributed by atoms with E-state index in [2.05, 4.69) is 5.32 Å². The zero-order chi connectivity index (χ0) is 8.48. The van der Waals surface area contributed by atoms with Gasteiger partial charge in [0.25, 0.3) is 0 Å². The van der Waals surface area contributed by atoms with Gasteiger partial charge in [-0.25, -0.2) is 0 Å². The highest BCUT2D eigenvalue weighted by Crippen LogP contribution is 2.25. The Bertz CT molecular complexity index is 134. The van der Waals surface area contributed by atoms with Crippen molar-refractivity contribution in [3.8, 4) is 0 Å². The van der Waals surface area contributed by atoms with Gasteiger partial charge in [0.15, 0.2) is 0 Å². The second-order valence-electron chi connectivity index (χ2n) is 2.83. The number of nitrogens with two attached hydrogens (primary N) is 1. The molecule has 0 radical (unpaired) electrons. The van der Waals surface area contributed by atoms with Gasteiger partial charge in [-0.2, -0.15) is 13.2 Å². The second kappa shape index (κ2) is 2.98. The Morgan fingerprint density at radius 1 is 1.36 bits per heavy atom. The van der Waals surface area contributed by atoms with Crippen LogP contribution >= 0.6 is 0 Å². The fraction of sp³-hybridized carbons (Fsp3) is 1.00. The molecule has 2 atom stereocenters. The molecular weight excluding hydrogens is 157 g/mol. The lowest BCUT2D eigenvalue weighted by molar-refractivity contribution is -0.161. The van der Waals surface area contributed by atoms with Crippen LogP contribution in [-0.2, 0) is 0 Å². The molecule has 0 amide bonds. The minimum absolute atomic E-state index is 0.00347. The predicted octanol–water partition coefficient (Wildman–Crippen LogP) is 0.628. The van der Waals surface area contributed by atoms with E-state index >= 15 is 0 Å². The number of alkyl halides is 3. The van der Waals surface area contributed by atoms with Gasteiger partial charge in [-0.3, -0.25) is 0 Å². The van der Waals surface area contributed by atoms with Gasteiger partial charge >= 0.3 is 6.18 Å².